The second kappa shape index (κ2) is 9.24. The smallest absolute Gasteiger partial charge is 0.278 e. The van der Waals surface area contributed by atoms with E-state index in [0.29, 0.717) is 18.3 Å². The van der Waals surface area contributed by atoms with Gasteiger partial charge in [-0.1, -0.05) is 47.7 Å². The van der Waals surface area contributed by atoms with Crippen molar-refractivity contribution in [2.24, 2.45) is 0 Å². The molecule has 8 heteroatoms. The molecule has 2 aromatic carbocycles. The van der Waals surface area contributed by atoms with E-state index in [1.54, 1.807) is 0 Å². The van der Waals surface area contributed by atoms with Gasteiger partial charge in [-0.25, -0.2) is 4.98 Å². The predicted molar refractivity (Wildman–Crippen MR) is 130 cm³/mol. The van der Waals surface area contributed by atoms with Crippen LogP contribution in [0.25, 0.3) is 5.65 Å². The van der Waals surface area contributed by atoms with Gasteiger partial charge in [0, 0.05) is 23.8 Å². The lowest BCUT2D eigenvalue weighted by Crippen LogP contribution is -2.15. The summed E-state index contributed by atoms with van der Waals surface area (Å²) in [6.07, 6.45) is 5.83. The highest BCUT2D eigenvalue weighted by Gasteiger charge is 2.21. The summed E-state index contributed by atoms with van der Waals surface area (Å²) in [5, 5.41) is 12.5. The van der Waals surface area contributed by atoms with Crippen LogP contribution in [0.2, 0.25) is 0 Å². The number of hydrogen-bond donors (Lipinski definition) is 1. The molecular weight excluding hydrogens is 446 g/mol. The number of aromatic nitrogens is 4. The third-order valence-corrected chi connectivity index (χ3v) is 6.73. The van der Waals surface area contributed by atoms with Crippen molar-refractivity contribution in [1.82, 2.24) is 24.9 Å². The Morgan fingerprint density at radius 2 is 1.94 bits per heavy atom. The first-order valence-corrected chi connectivity index (χ1v) is 12.1. The minimum absolute atomic E-state index is 0.102. The first-order valence-electron chi connectivity index (χ1n) is 11.3. The first kappa shape index (κ1) is 20.8. The molecule has 0 saturated carbocycles. The molecule has 34 heavy (non-hydrogen) atoms. The molecule has 0 amide bonds. The number of nitrogens with zero attached hydrogens (tertiary/aromatic N) is 4. The Bertz CT molecular complexity index is 1420. The van der Waals surface area contributed by atoms with Crippen LogP contribution in [0.4, 0.5) is 0 Å². The molecule has 0 fully saturated rings. The second-order valence-corrected chi connectivity index (χ2v) is 9.25. The van der Waals surface area contributed by atoms with Gasteiger partial charge >= 0.3 is 0 Å². The molecule has 170 valence electrons. The lowest BCUT2D eigenvalue weighted by atomic mass is 9.97. The molecule has 0 radical (unpaired) electrons. The molecule has 0 aliphatic carbocycles. The van der Waals surface area contributed by atoms with E-state index in [0.717, 1.165) is 40.7 Å². The standard InChI is InChI=1S/C26H23N5O2S/c1-2-6-18(7-3-1)22-11-9-19-14-20(10-12-23(19)33-22)32-26-28-16-21(34-26)15-27-17-25-30-29-24-8-4-5-13-31(24)25/h1-8,10,12-14,16,22,27H,9,11,15,17H2. The van der Waals surface area contributed by atoms with Gasteiger partial charge in [0.2, 0.25) is 0 Å². The predicted octanol–water partition coefficient (Wildman–Crippen LogP) is 5.33. The van der Waals surface area contributed by atoms with E-state index in [2.05, 4.69) is 50.8 Å². The number of benzene rings is 2. The normalized spacial score (nSPS) is 15.1. The van der Waals surface area contributed by atoms with Gasteiger partial charge in [-0.3, -0.25) is 4.40 Å². The highest BCUT2D eigenvalue weighted by atomic mass is 32.1. The molecule has 6 rings (SSSR count). The molecule has 7 nitrogen and oxygen atoms in total. The van der Waals surface area contributed by atoms with E-state index >= 15 is 0 Å². The van der Waals surface area contributed by atoms with Crippen molar-refractivity contribution in [3.05, 3.63) is 101 Å². The topological polar surface area (TPSA) is 73.6 Å². The summed E-state index contributed by atoms with van der Waals surface area (Å²) in [6.45, 7) is 1.30. The van der Waals surface area contributed by atoms with Crippen LogP contribution in [0.5, 0.6) is 16.7 Å². The van der Waals surface area contributed by atoms with Gasteiger partial charge in [0.15, 0.2) is 11.5 Å². The Kier molecular flexibility index (Phi) is 5.66. The minimum Gasteiger partial charge on any atom is -0.485 e. The Morgan fingerprint density at radius 3 is 2.88 bits per heavy atom. The zero-order valence-electron chi connectivity index (χ0n) is 18.4. The molecule has 1 N–H and O–H groups in total. The summed E-state index contributed by atoms with van der Waals surface area (Å²) in [4.78, 5) is 5.53. The molecule has 1 aliphatic heterocycles. The average Bonchev–Trinajstić information content (AvgIpc) is 3.51. The van der Waals surface area contributed by atoms with E-state index in [1.807, 2.05) is 53.2 Å². The molecule has 1 aliphatic rings. The third-order valence-electron chi connectivity index (χ3n) is 5.85. The Balaban J connectivity index is 1.06. The van der Waals surface area contributed by atoms with E-state index in [9.17, 15) is 0 Å². The lowest BCUT2D eigenvalue weighted by molar-refractivity contribution is 0.176. The van der Waals surface area contributed by atoms with Crippen molar-refractivity contribution in [2.75, 3.05) is 0 Å². The van der Waals surface area contributed by atoms with Gasteiger partial charge in [0.05, 0.1) is 6.54 Å². The van der Waals surface area contributed by atoms with Crippen LogP contribution < -0.4 is 14.8 Å². The van der Waals surface area contributed by atoms with Crippen molar-refractivity contribution in [2.45, 2.75) is 32.0 Å². The van der Waals surface area contributed by atoms with E-state index in [-0.39, 0.29) is 6.10 Å². The largest absolute Gasteiger partial charge is 0.485 e. The van der Waals surface area contributed by atoms with Crippen molar-refractivity contribution < 1.29 is 9.47 Å². The summed E-state index contributed by atoms with van der Waals surface area (Å²) in [5.74, 6) is 2.59. The number of pyridine rings is 1. The molecule has 5 aromatic rings. The number of thiazole rings is 1. The molecule has 1 atom stereocenters. The van der Waals surface area contributed by atoms with Gasteiger partial charge < -0.3 is 14.8 Å². The summed E-state index contributed by atoms with van der Waals surface area (Å²) in [7, 11) is 0. The van der Waals surface area contributed by atoms with E-state index in [4.69, 9.17) is 9.47 Å². The number of ether oxygens (including phenoxy) is 2. The Labute approximate surface area is 201 Å². The SMILES string of the molecule is c1ccc(C2CCc3cc(Oc4ncc(CNCc5nnc6ccccn56)s4)ccc3O2)cc1. The summed E-state index contributed by atoms with van der Waals surface area (Å²) in [6, 6.07) is 22.3. The fraction of sp³-hybridized carbons (Fsp3) is 0.192. The average molecular weight is 470 g/mol. The van der Waals surface area contributed by atoms with Crippen molar-refractivity contribution >= 4 is 17.0 Å². The van der Waals surface area contributed by atoms with Gasteiger partial charge in [-0.15, -0.1) is 10.2 Å². The zero-order chi connectivity index (χ0) is 22.7. The van der Waals surface area contributed by atoms with Crippen molar-refractivity contribution in [3.8, 4) is 16.7 Å². The first-order chi connectivity index (χ1) is 16.8. The van der Waals surface area contributed by atoms with Gasteiger partial charge in [0.25, 0.3) is 5.19 Å². The molecule has 1 unspecified atom stereocenters. The third kappa shape index (κ3) is 4.37. The molecule has 0 spiro atoms. The van der Waals surface area contributed by atoms with Crippen LogP contribution in [0, 0.1) is 0 Å². The summed E-state index contributed by atoms with van der Waals surface area (Å²) >= 11 is 1.53. The summed E-state index contributed by atoms with van der Waals surface area (Å²) < 4.78 is 14.3. The van der Waals surface area contributed by atoms with E-state index < -0.39 is 0 Å². The number of fused-ring (bicyclic) bond motifs is 2. The molecule has 3 aromatic heterocycles. The summed E-state index contributed by atoms with van der Waals surface area (Å²) in [5.41, 5.74) is 3.23. The van der Waals surface area contributed by atoms with E-state index in [1.165, 1.54) is 22.5 Å². The Hall–Kier alpha value is -3.75. The fourth-order valence-corrected chi connectivity index (χ4v) is 4.91. The fourth-order valence-electron chi connectivity index (χ4n) is 4.16. The number of rotatable bonds is 7. The number of hydrogen-bond acceptors (Lipinski definition) is 7. The molecule has 0 saturated heterocycles. The van der Waals surface area contributed by atoms with Crippen LogP contribution in [-0.4, -0.2) is 19.6 Å². The van der Waals surface area contributed by atoms with Gasteiger partial charge in [-0.05, 0) is 54.3 Å². The van der Waals surface area contributed by atoms with Crippen LogP contribution in [0.1, 0.15) is 34.4 Å². The highest BCUT2D eigenvalue weighted by molar-refractivity contribution is 7.13. The van der Waals surface area contributed by atoms with Crippen LogP contribution in [-0.2, 0) is 19.5 Å². The van der Waals surface area contributed by atoms with Gasteiger partial charge in [0.1, 0.15) is 17.6 Å². The monoisotopic (exact) mass is 469 g/mol. The van der Waals surface area contributed by atoms with Crippen molar-refractivity contribution in [3.63, 3.8) is 0 Å². The van der Waals surface area contributed by atoms with Crippen LogP contribution >= 0.6 is 11.3 Å². The maximum absolute atomic E-state index is 6.24. The Morgan fingerprint density at radius 1 is 1.03 bits per heavy atom. The maximum Gasteiger partial charge on any atom is 0.278 e. The van der Waals surface area contributed by atoms with Crippen LogP contribution in [0.3, 0.4) is 0 Å². The molecule has 0 bridgehead atoms. The number of aryl methyl sites for hydroxylation is 1. The molecule has 4 heterocycles. The second-order valence-electron chi connectivity index (χ2n) is 8.17. The van der Waals surface area contributed by atoms with Crippen LogP contribution in [0.15, 0.2) is 79.1 Å². The quantitative estimate of drug-likeness (QED) is 0.347. The van der Waals surface area contributed by atoms with Gasteiger partial charge in [-0.2, -0.15) is 0 Å². The zero-order valence-corrected chi connectivity index (χ0v) is 19.2. The lowest BCUT2D eigenvalue weighted by Gasteiger charge is -2.26. The molecular formula is C26H23N5O2S. The van der Waals surface area contributed by atoms with Crippen molar-refractivity contribution in [1.29, 1.82) is 0 Å². The number of nitrogens with one attached hydrogen (secondary N) is 1. The highest BCUT2D eigenvalue weighted by Crippen LogP contribution is 2.38. The minimum atomic E-state index is 0.102. The maximum atomic E-state index is 6.24.